The minimum absolute atomic E-state index is 0.738. The molecule has 0 saturated carbocycles. The highest BCUT2D eigenvalue weighted by atomic mass is 35.5. The van der Waals surface area contributed by atoms with Crippen molar-refractivity contribution in [1.82, 2.24) is 15.6 Å². The molecule has 0 unspecified atom stereocenters. The van der Waals surface area contributed by atoms with Gasteiger partial charge in [-0.1, -0.05) is 29.8 Å². The Morgan fingerprint density at radius 3 is 2.81 bits per heavy atom. The van der Waals surface area contributed by atoms with Crippen LogP contribution in [0.5, 0.6) is 0 Å². The van der Waals surface area contributed by atoms with Gasteiger partial charge in [0.05, 0.1) is 17.7 Å². The van der Waals surface area contributed by atoms with Crippen molar-refractivity contribution in [2.45, 2.75) is 19.9 Å². The highest BCUT2D eigenvalue weighted by molar-refractivity contribution is 7.09. The summed E-state index contributed by atoms with van der Waals surface area (Å²) in [5, 5.41) is 7.39. The lowest BCUT2D eigenvalue weighted by atomic mass is 10.1. The number of aliphatic imine (C=N–C) groups is 1. The quantitative estimate of drug-likeness (QED) is 0.657. The topological polar surface area (TPSA) is 49.3 Å². The van der Waals surface area contributed by atoms with Crippen LogP contribution in [0.25, 0.3) is 0 Å². The van der Waals surface area contributed by atoms with Gasteiger partial charge in [-0.2, -0.15) is 0 Å². The number of aromatic nitrogens is 1. The lowest BCUT2D eigenvalue weighted by molar-refractivity contribution is 0.796. The van der Waals surface area contributed by atoms with E-state index >= 15 is 0 Å². The van der Waals surface area contributed by atoms with Gasteiger partial charge in [0.15, 0.2) is 5.96 Å². The summed E-state index contributed by atoms with van der Waals surface area (Å²) in [6, 6.07) is 7.90. The number of aryl methyl sites for hydroxylation is 1. The molecule has 4 nitrogen and oxygen atoms in total. The second-order valence-electron chi connectivity index (χ2n) is 4.55. The summed E-state index contributed by atoms with van der Waals surface area (Å²) < 4.78 is 0. The fraction of sp³-hybridized carbons (Fsp3) is 0.333. The van der Waals surface area contributed by atoms with Crippen LogP contribution in [-0.4, -0.2) is 24.5 Å². The van der Waals surface area contributed by atoms with Gasteiger partial charge in [-0.3, -0.25) is 4.99 Å². The predicted molar refractivity (Wildman–Crippen MR) is 90.2 cm³/mol. The Morgan fingerprint density at radius 2 is 2.14 bits per heavy atom. The highest BCUT2D eigenvalue weighted by Crippen LogP contribution is 2.14. The molecule has 0 radical (unpaired) electrons. The van der Waals surface area contributed by atoms with Gasteiger partial charge in [0, 0.05) is 23.5 Å². The number of hydrogen-bond donors (Lipinski definition) is 2. The van der Waals surface area contributed by atoms with Gasteiger partial charge in [-0.05, 0) is 25.0 Å². The number of thiazole rings is 1. The molecule has 112 valence electrons. The number of nitrogens with one attached hydrogen (secondary N) is 2. The molecular weight excluding hydrogens is 304 g/mol. The van der Waals surface area contributed by atoms with Crippen LogP contribution in [0, 0.1) is 6.92 Å². The predicted octanol–water partition coefficient (Wildman–Crippen LogP) is 3.01. The summed E-state index contributed by atoms with van der Waals surface area (Å²) in [5.41, 5.74) is 4.07. The molecule has 1 aromatic heterocycles. The Balaban J connectivity index is 1.78. The van der Waals surface area contributed by atoms with Crippen LogP contribution in [0.4, 0.5) is 0 Å². The second kappa shape index (κ2) is 8.00. The van der Waals surface area contributed by atoms with Crippen molar-refractivity contribution in [3.8, 4) is 0 Å². The van der Waals surface area contributed by atoms with Gasteiger partial charge in [0.25, 0.3) is 0 Å². The average Bonchev–Trinajstić information content (AvgIpc) is 2.90. The van der Waals surface area contributed by atoms with Crippen LogP contribution in [0.1, 0.15) is 16.1 Å². The first-order valence-electron chi connectivity index (χ1n) is 6.77. The van der Waals surface area contributed by atoms with E-state index in [0.29, 0.717) is 0 Å². The molecule has 0 aliphatic heterocycles. The molecule has 1 heterocycles. The third-order valence-corrected chi connectivity index (χ3v) is 4.43. The molecule has 0 aliphatic rings. The summed E-state index contributed by atoms with van der Waals surface area (Å²) in [6.45, 7) is 3.54. The van der Waals surface area contributed by atoms with Gasteiger partial charge >= 0.3 is 0 Å². The number of guanidine groups is 1. The van der Waals surface area contributed by atoms with Crippen molar-refractivity contribution in [2.24, 2.45) is 4.99 Å². The van der Waals surface area contributed by atoms with Gasteiger partial charge in [0.2, 0.25) is 0 Å². The molecule has 0 spiro atoms. The first kappa shape index (κ1) is 15.8. The van der Waals surface area contributed by atoms with E-state index < -0.39 is 0 Å². The minimum Gasteiger partial charge on any atom is -0.356 e. The maximum atomic E-state index is 6.14. The zero-order valence-electron chi connectivity index (χ0n) is 12.2. The van der Waals surface area contributed by atoms with E-state index in [1.54, 1.807) is 18.4 Å². The molecule has 2 rings (SSSR count). The van der Waals surface area contributed by atoms with E-state index in [-0.39, 0.29) is 0 Å². The van der Waals surface area contributed by atoms with Crippen molar-refractivity contribution in [2.75, 3.05) is 13.6 Å². The lowest BCUT2D eigenvalue weighted by Gasteiger charge is -2.12. The molecule has 0 amide bonds. The van der Waals surface area contributed by atoms with Crippen LogP contribution >= 0.6 is 22.9 Å². The van der Waals surface area contributed by atoms with Gasteiger partial charge in [-0.25, -0.2) is 4.98 Å². The summed E-state index contributed by atoms with van der Waals surface area (Å²) >= 11 is 7.79. The summed E-state index contributed by atoms with van der Waals surface area (Å²) in [4.78, 5) is 9.68. The van der Waals surface area contributed by atoms with Crippen molar-refractivity contribution in [1.29, 1.82) is 0 Å². The van der Waals surface area contributed by atoms with E-state index in [9.17, 15) is 0 Å². The van der Waals surface area contributed by atoms with Gasteiger partial charge in [-0.15, -0.1) is 11.3 Å². The van der Waals surface area contributed by atoms with Crippen molar-refractivity contribution < 1.29 is 0 Å². The van der Waals surface area contributed by atoms with Crippen LogP contribution in [-0.2, 0) is 13.0 Å². The van der Waals surface area contributed by atoms with Gasteiger partial charge < -0.3 is 10.6 Å². The number of rotatable bonds is 5. The molecule has 21 heavy (non-hydrogen) atoms. The molecule has 0 aliphatic carbocycles. The van der Waals surface area contributed by atoms with Crippen molar-refractivity contribution in [3.05, 3.63) is 50.9 Å². The first-order chi connectivity index (χ1) is 10.2. The molecular formula is C15H19ClN4S. The van der Waals surface area contributed by atoms with Crippen LogP contribution in [0.15, 0.2) is 34.8 Å². The standard InChI is InChI=1S/C15H19ClN4S/c1-11-14(21-10-20-11)9-19-15(17-2)18-8-7-12-5-3-4-6-13(12)16/h3-6,10H,7-9H2,1-2H3,(H2,17,18,19). The number of nitrogens with zero attached hydrogens (tertiary/aromatic N) is 2. The SMILES string of the molecule is CN=C(NCCc1ccccc1Cl)NCc1scnc1C. The molecule has 0 saturated heterocycles. The zero-order chi connectivity index (χ0) is 15.1. The van der Waals surface area contributed by atoms with E-state index in [4.69, 9.17) is 11.6 Å². The molecule has 0 fully saturated rings. The molecule has 2 aromatic rings. The number of halogens is 1. The zero-order valence-corrected chi connectivity index (χ0v) is 13.8. The van der Waals surface area contributed by atoms with E-state index in [1.807, 2.05) is 36.7 Å². The van der Waals surface area contributed by atoms with E-state index in [1.165, 1.54) is 4.88 Å². The normalized spacial score (nSPS) is 11.5. The van der Waals surface area contributed by atoms with Gasteiger partial charge in [0.1, 0.15) is 0 Å². The highest BCUT2D eigenvalue weighted by Gasteiger charge is 2.04. The Labute approximate surface area is 134 Å². The van der Waals surface area contributed by atoms with E-state index in [0.717, 1.165) is 41.7 Å². The molecule has 1 aromatic carbocycles. The summed E-state index contributed by atoms with van der Waals surface area (Å²) in [5.74, 6) is 0.787. The monoisotopic (exact) mass is 322 g/mol. The summed E-state index contributed by atoms with van der Waals surface area (Å²) in [7, 11) is 1.77. The number of hydrogen-bond acceptors (Lipinski definition) is 3. The van der Waals surface area contributed by atoms with Crippen molar-refractivity contribution >= 4 is 28.9 Å². The Hall–Kier alpha value is -1.59. The molecule has 2 N–H and O–H groups in total. The molecule has 0 atom stereocenters. The van der Waals surface area contributed by atoms with Crippen LogP contribution in [0.3, 0.4) is 0 Å². The molecule has 0 bridgehead atoms. The van der Waals surface area contributed by atoms with Crippen molar-refractivity contribution in [3.63, 3.8) is 0 Å². The Bertz CT molecular complexity index is 609. The lowest BCUT2D eigenvalue weighted by Crippen LogP contribution is -2.37. The third kappa shape index (κ3) is 4.72. The van der Waals surface area contributed by atoms with E-state index in [2.05, 4.69) is 20.6 Å². The maximum Gasteiger partial charge on any atom is 0.191 e. The average molecular weight is 323 g/mol. The minimum atomic E-state index is 0.738. The fourth-order valence-corrected chi connectivity index (χ4v) is 2.84. The summed E-state index contributed by atoms with van der Waals surface area (Å²) in [6.07, 6.45) is 0.861. The van der Waals surface area contributed by atoms with Crippen LogP contribution in [0.2, 0.25) is 5.02 Å². The fourth-order valence-electron chi connectivity index (χ4n) is 1.90. The Morgan fingerprint density at radius 1 is 1.33 bits per heavy atom. The second-order valence-corrected chi connectivity index (χ2v) is 5.90. The van der Waals surface area contributed by atoms with Crippen LogP contribution < -0.4 is 10.6 Å². The maximum absolute atomic E-state index is 6.14. The molecule has 6 heteroatoms. The Kier molecular flexibility index (Phi) is 6.02. The third-order valence-electron chi connectivity index (χ3n) is 3.13. The first-order valence-corrected chi connectivity index (χ1v) is 8.03. The number of benzene rings is 1. The largest absolute Gasteiger partial charge is 0.356 e. The smallest absolute Gasteiger partial charge is 0.191 e.